The summed E-state index contributed by atoms with van der Waals surface area (Å²) in [5, 5.41) is 21.2. The summed E-state index contributed by atoms with van der Waals surface area (Å²) < 4.78 is 0. The summed E-state index contributed by atoms with van der Waals surface area (Å²) in [6, 6.07) is -0.346. The second-order valence-corrected chi connectivity index (χ2v) is 4.69. The van der Waals surface area contributed by atoms with E-state index in [1.165, 1.54) is 5.06 Å². The molecule has 0 heterocycles. The van der Waals surface area contributed by atoms with E-state index in [-0.39, 0.29) is 19.2 Å². The van der Waals surface area contributed by atoms with Crippen molar-refractivity contribution in [3.63, 3.8) is 0 Å². The SMILES string of the molecule is CC(C)(C)ON(CCCO)C(=O)NCCCO. The number of amides is 2. The van der Waals surface area contributed by atoms with Gasteiger partial charge in [0.25, 0.3) is 0 Å². The van der Waals surface area contributed by atoms with Crippen LogP contribution < -0.4 is 5.32 Å². The van der Waals surface area contributed by atoms with Gasteiger partial charge in [0.15, 0.2) is 0 Å². The van der Waals surface area contributed by atoms with Crippen LogP contribution in [0.2, 0.25) is 0 Å². The lowest BCUT2D eigenvalue weighted by molar-refractivity contribution is -0.194. The molecular weight excluding hydrogens is 224 g/mol. The Morgan fingerprint density at radius 2 is 1.82 bits per heavy atom. The van der Waals surface area contributed by atoms with Crippen LogP contribution in [0.25, 0.3) is 0 Å². The molecule has 0 aromatic carbocycles. The largest absolute Gasteiger partial charge is 0.396 e. The van der Waals surface area contributed by atoms with Gasteiger partial charge in [-0.15, -0.1) is 0 Å². The lowest BCUT2D eigenvalue weighted by Crippen LogP contribution is -2.45. The van der Waals surface area contributed by atoms with Gasteiger partial charge in [0.1, 0.15) is 0 Å². The van der Waals surface area contributed by atoms with E-state index >= 15 is 0 Å². The second kappa shape index (κ2) is 8.27. The van der Waals surface area contributed by atoms with Crippen LogP contribution in [0.5, 0.6) is 0 Å². The first-order valence-corrected chi connectivity index (χ1v) is 5.87. The lowest BCUT2D eigenvalue weighted by atomic mass is 10.2. The maximum atomic E-state index is 11.7. The van der Waals surface area contributed by atoms with E-state index in [2.05, 4.69) is 5.32 Å². The molecule has 6 nitrogen and oxygen atoms in total. The Bertz CT molecular complexity index is 216. The van der Waals surface area contributed by atoms with Crippen LogP contribution in [0.15, 0.2) is 0 Å². The van der Waals surface area contributed by atoms with Gasteiger partial charge in [-0.3, -0.25) is 4.84 Å². The van der Waals surface area contributed by atoms with E-state index in [9.17, 15) is 4.79 Å². The van der Waals surface area contributed by atoms with Crippen molar-refractivity contribution in [1.29, 1.82) is 0 Å². The molecule has 0 spiro atoms. The summed E-state index contributed by atoms with van der Waals surface area (Å²) in [5.74, 6) is 0. The fourth-order valence-corrected chi connectivity index (χ4v) is 1.10. The van der Waals surface area contributed by atoms with Gasteiger partial charge < -0.3 is 15.5 Å². The molecule has 0 aliphatic heterocycles. The third-order valence-corrected chi connectivity index (χ3v) is 1.74. The highest BCUT2D eigenvalue weighted by Crippen LogP contribution is 2.10. The molecule has 0 fully saturated rings. The number of rotatable bonds is 7. The molecule has 0 aliphatic rings. The number of nitrogens with zero attached hydrogens (tertiary/aromatic N) is 1. The number of nitrogens with one attached hydrogen (secondary N) is 1. The average molecular weight is 248 g/mol. The van der Waals surface area contributed by atoms with Crippen molar-refractivity contribution >= 4 is 6.03 Å². The summed E-state index contributed by atoms with van der Waals surface area (Å²) in [6.45, 7) is 6.32. The zero-order valence-electron chi connectivity index (χ0n) is 10.9. The summed E-state index contributed by atoms with van der Waals surface area (Å²) in [4.78, 5) is 17.2. The molecule has 0 aliphatic carbocycles. The molecule has 0 rings (SSSR count). The van der Waals surface area contributed by atoms with Crippen LogP contribution in [-0.4, -0.2) is 53.2 Å². The van der Waals surface area contributed by atoms with Gasteiger partial charge >= 0.3 is 6.03 Å². The molecular formula is C11H24N2O4. The average Bonchev–Trinajstić information content (AvgIpc) is 2.22. The predicted octanol–water partition coefficient (Wildman–Crippen LogP) is 0.493. The smallest absolute Gasteiger partial charge is 0.341 e. The van der Waals surface area contributed by atoms with E-state index < -0.39 is 5.60 Å². The number of urea groups is 1. The molecule has 3 N–H and O–H groups in total. The quantitative estimate of drug-likeness (QED) is 0.452. The molecule has 0 aromatic heterocycles. The lowest BCUT2D eigenvalue weighted by Gasteiger charge is -2.29. The van der Waals surface area contributed by atoms with Crippen LogP contribution in [-0.2, 0) is 4.84 Å². The van der Waals surface area contributed by atoms with Crippen LogP contribution >= 0.6 is 0 Å². The summed E-state index contributed by atoms with van der Waals surface area (Å²) in [5.41, 5.74) is -0.468. The molecule has 0 atom stereocenters. The van der Waals surface area contributed by atoms with Crippen LogP contribution in [0.1, 0.15) is 33.6 Å². The van der Waals surface area contributed by atoms with Gasteiger partial charge in [-0.25, -0.2) is 9.86 Å². The van der Waals surface area contributed by atoms with Crippen molar-refractivity contribution in [3.8, 4) is 0 Å². The minimum absolute atomic E-state index is 0.00786. The van der Waals surface area contributed by atoms with Crippen molar-refractivity contribution < 1.29 is 19.8 Å². The van der Waals surface area contributed by atoms with E-state index in [1.807, 2.05) is 20.8 Å². The normalized spacial score (nSPS) is 11.4. The van der Waals surface area contributed by atoms with Crippen molar-refractivity contribution in [1.82, 2.24) is 10.4 Å². The summed E-state index contributed by atoms with van der Waals surface area (Å²) in [7, 11) is 0. The van der Waals surface area contributed by atoms with E-state index in [4.69, 9.17) is 15.1 Å². The number of hydrogen-bond donors (Lipinski definition) is 3. The molecule has 0 saturated carbocycles. The van der Waals surface area contributed by atoms with Gasteiger partial charge in [-0.2, -0.15) is 0 Å². The summed E-state index contributed by atoms with van der Waals surface area (Å²) >= 11 is 0. The van der Waals surface area contributed by atoms with Gasteiger partial charge in [-0.1, -0.05) is 0 Å². The topological polar surface area (TPSA) is 82.0 Å². The van der Waals surface area contributed by atoms with Crippen molar-refractivity contribution in [2.24, 2.45) is 0 Å². The molecule has 2 amide bonds. The fourth-order valence-electron chi connectivity index (χ4n) is 1.10. The minimum Gasteiger partial charge on any atom is -0.396 e. The number of aliphatic hydroxyl groups is 2. The molecule has 102 valence electrons. The van der Waals surface area contributed by atoms with E-state index in [0.29, 0.717) is 25.9 Å². The molecule has 0 saturated heterocycles. The minimum atomic E-state index is -0.468. The highest BCUT2D eigenvalue weighted by atomic mass is 16.7. The number of hydroxylamine groups is 2. The van der Waals surface area contributed by atoms with Crippen molar-refractivity contribution in [2.75, 3.05) is 26.3 Å². The standard InChI is InChI=1S/C11H24N2O4/c1-11(2,3)17-13(7-5-9-15)10(16)12-6-4-8-14/h14-15H,4-9H2,1-3H3,(H,12,16). The maximum Gasteiger partial charge on any atom is 0.341 e. The first-order chi connectivity index (χ1) is 7.90. The Hall–Kier alpha value is -0.850. The summed E-state index contributed by atoms with van der Waals surface area (Å²) in [6.07, 6.45) is 0.971. The number of carbonyl (C=O) groups excluding carboxylic acids is 1. The predicted molar refractivity (Wildman–Crippen MR) is 64.3 cm³/mol. The zero-order chi connectivity index (χ0) is 13.3. The first-order valence-electron chi connectivity index (χ1n) is 5.87. The van der Waals surface area contributed by atoms with Crippen LogP contribution in [0.4, 0.5) is 4.79 Å². The van der Waals surface area contributed by atoms with Crippen molar-refractivity contribution in [2.45, 2.75) is 39.2 Å². The van der Waals surface area contributed by atoms with Crippen molar-refractivity contribution in [3.05, 3.63) is 0 Å². The Morgan fingerprint density at radius 3 is 2.29 bits per heavy atom. The highest BCUT2D eigenvalue weighted by molar-refractivity contribution is 5.72. The van der Waals surface area contributed by atoms with Gasteiger partial charge in [-0.05, 0) is 33.6 Å². The van der Waals surface area contributed by atoms with E-state index in [0.717, 1.165) is 0 Å². The number of hydrogen-bond acceptors (Lipinski definition) is 4. The van der Waals surface area contributed by atoms with Crippen LogP contribution in [0, 0.1) is 0 Å². The number of aliphatic hydroxyl groups excluding tert-OH is 2. The zero-order valence-corrected chi connectivity index (χ0v) is 10.9. The third kappa shape index (κ3) is 8.91. The molecule has 17 heavy (non-hydrogen) atoms. The highest BCUT2D eigenvalue weighted by Gasteiger charge is 2.21. The van der Waals surface area contributed by atoms with Crippen LogP contribution in [0.3, 0.4) is 0 Å². The Labute approximate surface area is 103 Å². The second-order valence-electron chi connectivity index (χ2n) is 4.69. The van der Waals surface area contributed by atoms with Gasteiger partial charge in [0.05, 0.1) is 12.1 Å². The Morgan fingerprint density at radius 1 is 1.24 bits per heavy atom. The van der Waals surface area contributed by atoms with Gasteiger partial charge in [0, 0.05) is 19.8 Å². The molecule has 0 radical (unpaired) electrons. The van der Waals surface area contributed by atoms with E-state index in [1.54, 1.807) is 0 Å². The monoisotopic (exact) mass is 248 g/mol. The fraction of sp³-hybridized carbons (Fsp3) is 0.909. The van der Waals surface area contributed by atoms with Gasteiger partial charge in [0.2, 0.25) is 0 Å². The molecule has 0 aromatic rings. The third-order valence-electron chi connectivity index (χ3n) is 1.74. The number of carbonyl (C=O) groups is 1. The molecule has 0 unspecified atom stereocenters. The first kappa shape index (κ1) is 16.1. The Balaban J connectivity index is 4.19. The maximum absolute atomic E-state index is 11.7. The molecule has 6 heteroatoms. The molecule has 0 bridgehead atoms. The Kier molecular flexibility index (Phi) is 7.86.